The number of nitrogens with one attached hydrogen (secondary N) is 3. The van der Waals surface area contributed by atoms with Gasteiger partial charge in [0.2, 0.25) is 35.4 Å². The fourth-order valence-electron chi connectivity index (χ4n) is 8.82. The summed E-state index contributed by atoms with van der Waals surface area (Å²) in [4.78, 5) is 136. The van der Waals surface area contributed by atoms with E-state index in [-0.39, 0.29) is 145 Å². The van der Waals surface area contributed by atoms with E-state index in [1.807, 2.05) is 0 Å². The minimum Gasteiger partial charge on any atom is -0.491 e. The van der Waals surface area contributed by atoms with Gasteiger partial charge in [0.25, 0.3) is 29.5 Å². The predicted octanol–water partition coefficient (Wildman–Crippen LogP) is 0.197. The van der Waals surface area contributed by atoms with E-state index >= 15 is 0 Å². The average molecular weight is 1140 g/mol. The molecule has 406 valence electrons. The number of aliphatic hydroxyl groups excluding tert-OH is 1. The molecule has 4 unspecified atom stereocenters. The topological polar surface area (TPSA) is 309 Å². The van der Waals surface area contributed by atoms with E-state index in [2.05, 4.69) is 33.7 Å². The zero-order chi connectivity index (χ0) is 56.0. The van der Waals surface area contributed by atoms with Crippen molar-refractivity contribution < 1.29 is 106 Å². The van der Waals surface area contributed by atoms with Crippen LogP contribution in [0.25, 0.3) is 0 Å². The molecule has 0 bridgehead atoms. The van der Waals surface area contributed by atoms with E-state index < -0.39 is 83.4 Å². The van der Waals surface area contributed by atoms with Crippen molar-refractivity contribution in [3.63, 3.8) is 0 Å². The Morgan fingerprint density at radius 1 is 0.456 bits per heavy atom. The molecule has 0 radical (unpaired) electrons. The molecule has 4 atom stereocenters. The zero-order valence-corrected chi connectivity index (χ0v) is 45.2. The minimum absolute atomic E-state index is 0. The molecule has 6 heterocycles. The number of carbonyl (C=O) groups excluding carboxylic acids is 11. The second-order valence-corrected chi connectivity index (χ2v) is 17.4. The van der Waals surface area contributed by atoms with E-state index in [1.54, 1.807) is 24.3 Å². The molecule has 9 rings (SSSR count). The summed E-state index contributed by atoms with van der Waals surface area (Å²) < 4.78 is 31.7. The molecule has 24 nitrogen and oxygen atoms in total. The fraction of sp³-hybridized carbons (Fsp3) is 0.352. The van der Waals surface area contributed by atoms with Crippen molar-refractivity contribution in [2.75, 3.05) is 59.5 Å². The number of benzene rings is 3. The van der Waals surface area contributed by atoms with Crippen LogP contribution in [0.15, 0.2) is 54.6 Å². The largest absolute Gasteiger partial charge is 0.491 e. The maximum atomic E-state index is 12.7. The molecule has 3 aromatic carbocycles. The molecular formula is C54H50N6O18Zn. The number of carbonyl (C=O) groups is 11. The van der Waals surface area contributed by atoms with E-state index in [1.165, 1.54) is 30.3 Å². The standard InChI is InChI=1S/C18H18N2O6.2C18H16N2O6.Zn/c3*1-2-7-25-8-9-26-11-3-4-12-13(10-11)18(24)20(17(12)23)14-5-6-15(21)19-16(14)22;/h1,3-4,10,14,17,23H,5-9H2,(H,19,21,22);2*1,3-4,10,14H,5-9H2,(H,19,21,22);. The van der Waals surface area contributed by atoms with Gasteiger partial charge in [-0.2, -0.15) is 0 Å². The Kier molecular flexibility index (Phi) is 20.8. The molecule has 0 saturated carbocycles. The van der Waals surface area contributed by atoms with Crippen molar-refractivity contribution in [3.8, 4) is 54.3 Å². The normalized spacial score (nSPS) is 19.9. The Morgan fingerprint density at radius 2 is 0.797 bits per heavy atom. The molecule has 11 amide bonds. The van der Waals surface area contributed by atoms with Gasteiger partial charge in [-0.3, -0.25) is 83.4 Å². The predicted molar refractivity (Wildman–Crippen MR) is 265 cm³/mol. The molecule has 6 aliphatic rings. The molecule has 3 aromatic rings. The third-order valence-electron chi connectivity index (χ3n) is 12.4. The number of ether oxygens (including phenoxy) is 6. The Hall–Kier alpha value is -8.63. The second-order valence-electron chi connectivity index (χ2n) is 17.4. The summed E-state index contributed by atoms with van der Waals surface area (Å²) in [5, 5.41) is 17.0. The number of nitrogens with zero attached hydrogens (tertiary/aromatic N) is 3. The summed E-state index contributed by atoms with van der Waals surface area (Å²) >= 11 is 0. The van der Waals surface area contributed by atoms with Gasteiger partial charge < -0.3 is 33.5 Å². The van der Waals surface area contributed by atoms with Crippen LogP contribution in [0.2, 0.25) is 0 Å². The zero-order valence-electron chi connectivity index (χ0n) is 42.3. The van der Waals surface area contributed by atoms with Crippen molar-refractivity contribution in [1.82, 2.24) is 30.7 Å². The number of hydrogen-bond donors (Lipinski definition) is 4. The molecule has 6 aliphatic heterocycles. The summed E-state index contributed by atoms with van der Waals surface area (Å²) in [5.74, 6) is 2.46. The summed E-state index contributed by atoms with van der Waals surface area (Å²) in [7, 11) is 0. The maximum absolute atomic E-state index is 12.7. The Bertz CT molecular complexity index is 2950. The first-order valence-corrected chi connectivity index (χ1v) is 24.2. The van der Waals surface area contributed by atoms with Gasteiger partial charge >= 0.3 is 0 Å². The van der Waals surface area contributed by atoms with Gasteiger partial charge in [0.05, 0.1) is 47.6 Å². The Labute approximate surface area is 464 Å². The number of fused-ring (bicyclic) bond motifs is 3. The third kappa shape index (κ3) is 13.9. The molecule has 0 spiro atoms. The van der Waals surface area contributed by atoms with Gasteiger partial charge in [0.15, 0.2) is 6.23 Å². The van der Waals surface area contributed by atoms with Crippen LogP contribution in [-0.2, 0) is 62.5 Å². The summed E-state index contributed by atoms with van der Waals surface area (Å²) in [6.45, 7) is 2.17. The monoisotopic (exact) mass is 1130 g/mol. The van der Waals surface area contributed by atoms with Crippen LogP contribution in [0.1, 0.15) is 102 Å². The third-order valence-corrected chi connectivity index (χ3v) is 12.4. The molecular weight excluding hydrogens is 1090 g/mol. The first kappa shape index (κ1) is 59.6. The summed E-state index contributed by atoms with van der Waals surface area (Å²) in [5.41, 5.74) is 1.41. The van der Waals surface area contributed by atoms with E-state index in [9.17, 15) is 57.8 Å². The van der Waals surface area contributed by atoms with E-state index in [0.29, 0.717) is 29.4 Å². The molecule has 3 fully saturated rings. The van der Waals surface area contributed by atoms with Crippen molar-refractivity contribution in [2.45, 2.75) is 62.9 Å². The second kappa shape index (κ2) is 27.6. The first-order valence-electron chi connectivity index (χ1n) is 24.2. The Balaban J connectivity index is 0.000000190. The first-order chi connectivity index (χ1) is 37.6. The quantitative estimate of drug-likeness (QED) is 0.0572. The number of hydrogen-bond acceptors (Lipinski definition) is 18. The molecule has 79 heavy (non-hydrogen) atoms. The maximum Gasteiger partial charge on any atom is 0.262 e. The molecule has 4 N–H and O–H groups in total. The SMILES string of the molecule is C#CCOCCOc1ccc2c(c1)C(=O)N(C1CCC(=O)NC1=O)C2=O.C#CCOCCOc1ccc2c(c1)C(=O)N(C1CCC(=O)NC1=O)C2=O.C#CCOCCOc1ccc2c(c1)C(=O)N(C1CCC(=O)NC1=O)C2O.[Zn]. The summed E-state index contributed by atoms with van der Waals surface area (Å²) in [6, 6.07) is 10.9. The van der Waals surface area contributed by atoms with Crippen molar-refractivity contribution in [1.29, 1.82) is 0 Å². The van der Waals surface area contributed by atoms with Gasteiger partial charge in [0.1, 0.15) is 75.0 Å². The van der Waals surface area contributed by atoms with E-state index in [4.69, 9.17) is 47.7 Å². The molecule has 3 saturated heterocycles. The number of terminal acetylenes is 3. The van der Waals surface area contributed by atoms with Crippen molar-refractivity contribution >= 4 is 65.0 Å². The fourth-order valence-corrected chi connectivity index (χ4v) is 8.82. The van der Waals surface area contributed by atoms with Crippen LogP contribution in [0, 0.1) is 37.0 Å². The molecule has 0 aliphatic carbocycles. The number of imide groups is 5. The Morgan fingerprint density at radius 3 is 1.16 bits per heavy atom. The van der Waals surface area contributed by atoms with Crippen molar-refractivity contribution in [2.24, 2.45) is 0 Å². The smallest absolute Gasteiger partial charge is 0.262 e. The molecule has 25 heteroatoms. The van der Waals surface area contributed by atoms with Crippen LogP contribution >= 0.6 is 0 Å². The van der Waals surface area contributed by atoms with Gasteiger partial charge in [-0.25, -0.2) is 0 Å². The molecule has 0 aromatic heterocycles. The van der Waals surface area contributed by atoms with Gasteiger partial charge in [-0.1, -0.05) is 23.8 Å². The number of aliphatic hydroxyl groups is 1. The van der Waals surface area contributed by atoms with Crippen LogP contribution in [0.3, 0.4) is 0 Å². The van der Waals surface area contributed by atoms with Crippen LogP contribution in [0.4, 0.5) is 0 Å². The van der Waals surface area contributed by atoms with Gasteiger partial charge in [-0.15, -0.1) is 19.3 Å². The number of amides is 11. The van der Waals surface area contributed by atoms with Crippen LogP contribution < -0.4 is 30.2 Å². The van der Waals surface area contributed by atoms with Crippen molar-refractivity contribution in [3.05, 3.63) is 88.0 Å². The number of rotatable bonds is 18. The van der Waals surface area contributed by atoms with Gasteiger partial charge in [0, 0.05) is 44.3 Å². The van der Waals surface area contributed by atoms with Crippen LogP contribution in [0.5, 0.6) is 17.2 Å². The number of piperidine rings is 3. The van der Waals surface area contributed by atoms with E-state index in [0.717, 1.165) is 14.7 Å². The average Bonchev–Trinajstić information content (AvgIpc) is 4.00. The van der Waals surface area contributed by atoms with Crippen LogP contribution in [-0.4, -0.2) is 162 Å². The van der Waals surface area contributed by atoms with Gasteiger partial charge in [-0.05, 0) is 67.8 Å². The summed E-state index contributed by atoms with van der Waals surface area (Å²) in [6.07, 6.45) is 14.7. The minimum atomic E-state index is -1.24.